The lowest BCUT2D eigenvalue weighted by Gasteiger charge is -2.43. The summed E-state index contributed by atoms with van der Waals surface area (Å²) in [5.41, 5.74) is 1.46. The smallest absolute Gasteiger partial charge is 0.261 e. The summed E-state index contributed by atoms with van der Waals surface area (Å²) in [6.07, 6.45) is 2.57. The van der Waals surface area contributed by atoms with E-state index in [1.807, 2.05) is 60.7 Å². The lowest BCUT2D eigenvalue weighted by Crippen LogP contribution is -2.66. The molecule has 0 atom stereocenters. The number of hydrogen-bond donors (Lipinski definition) is 0. The Balaban J connectivity index is 1.73. The van der Waals surface area contributed by atoms with Gasteiger partial charge in [0.25, 0.3) is 8.32 Å². The number of aromatic nitrogens is 2. The molecule has 0 saturated heterocycles. The van der Waals surface area contributed by atoms with Gasteiger partial charge in [0.1, 0.15) is 12.4 Å². The lowest BCUT2D eigenvalue weighted by molar-refractivity contribution is 0.253. The highest BCUT2D eigenvalue weighted by atomic mass is 32.2. The van der Waals surface area contributed by atoms with Gasteiger partial charge in [0.15, 0.2) is 0 Å². The van der Waals surface area contributed by atoms with Gasteiger partial charge in [-0.15, -0.1) is 0 Å². The predicted octanol–water partition coefficient (Wildman–Crippen LogP) is 4.54. The third-order valence-electron chi connectivity index (χ3n) is 6.53. The van der Waals surface area contributed by atoms with Crippen LogP contribution in [0.3, 0.4) is 0 Å². The molecule has 0 radical (unpaired) electrons. The van der Waals surface area contributed by atoms with Gasteiger partial charge in [-0.05, 0) is 33.1 Å². The van der Waals surface area contributed by atoms with E-state index in [-0.39, 0.29) is 29.3 Å². The van der Waals surface area contributed by atoms with E-state index in [4.69, 9.17) is 13.9 Å². The quantitative estimate of drug-likeness (QED) is 0.207. The molecule has 0 aliphatic heterocycles. The average molecular weight is 563 g/mol. The van der Waals surface area contributed by atoms with Crippen LogP contribution in [0, 0.1) is 0 Å². The molecule has 0 spiro atoms. The van der Waals surface area contributed by atoms with E-state index in [2.05, 4.69) is 55.0 Å². The van der Waals surface area contributed by atoms with Gasteiger partial charge in [0.2, 0.25) is 20.9 Å². The summed E-state index contributed by atoms with van der Waals surface area (Å²) in [4.78, 5) is 8.43. The molecule has 0 amide bonds. The van der Waals surface area contributed by atoms with Crippen molar-refractivity contribution in [1.82, 2.24) is 9.97 Å². The number of hydrogen-bond acceptors (Lipinski definition) is 7. The second kappa shape index (κ2) is 11.7. The van der Waals surface area contributed by atoms with Crippen molar-refractivity contribution in [1.29, 1.82) is 0 Å². The van der Waals surface area contributed by atoms with Gasteiger partial charge >= 0.3 is 0 Å². The molecule has 3 aromatic carbocycles. The maximum atomic E-state index is 12.2. The monoisotopic (exact) mass is 562 g/mol. The first-order chi connectivity index (χ1) is 18.5. The van der Waals surface area contributed by atoms with E-state index in [1.165, 1.54) is 6.20 Å². The molecule has 0 unspecified atom stereocenters. The van der Waals surface area contributed by atoms with Crippen molar-refractivity contribution in [2.24, 2.45) is 0 Å². The SMILES string of the molecule is COc1ccc(COc2nc(S(C)(=O)=O)ncc2CO[Si](c2ccccc2)(c2ccccc2)C(C)(C)C)cc1. The van der Waals surface area contributed by atoms with E-state index in [1.54, 1.807) is 7.11 Å². The molecule has 0 saturated carbocycles. The molecule has 1 aromatic heterocycles. The van der Waals surface area contributed by atoms with E-state index in [0.29, 0.717) is 5.56 Å². The fraction of sp³-hybridized carbons (Fsp3) is 0.267. The summed E-state index contributed by atoms with van der Waals surface area (Å²) in [5, 5.41) is 1.76. The zero-order valence-electron chi connectivity index (χ0n) is 22.9. The first kappa shape index (κ1) is 28.5. The first-order valence-electron chi connectivity index (χ1n) is 12.6. The number of rotatable bonds is 10. The van der Waals surface area contributed by atoms with Crippen LogP contribution in [0.5, 0.6) is 11.6 Å². The number of nitrogens with zero attached hydrogens (tertiary/aromatic N) is 2. The van der Waals surface area contributed by atoms with Gasteiger partial charge in [0.05, 0.1) is 19.3 Å². The Morgan fingerprint density at radius 3 is 1.87 bits per heavy atom. The third kappa shape index (κ3) is 6.38. The fourth-order valence-corrected chi connectivity index (χ4v) is 9.62. The number of benzene rings is 3. The summed E-state index contributed by atoms with van der Waals surface area (Å²) in [6.45, 7) is 6.93. The normalized spacial score (nSPS) is 12.2. The third-order valence-corrected chi connectivity index (χ3v) is 12.4. The highest BCUT2D eigenvalue weighted by Crippen LogP contribution is 2.37. The molecule has 0 aliphatic rings. The second-order valence-electron chi connectivity index (χ2n) is 10.3. The molecule has 7 nitrogen and oxygen atoms in total. The van der Waals surface area contributed by atoms with Gasteiger partial charge in [-0.3, -0.25) is 0 Å². The Morgan fingerprint density at radius 2 is 1.38 bits per heavy atom. The molecule has 39 heavy (non-hydrogen) atoms. The predicted molar refractivity (Wildman–Crippen MR) is 155 cm³/mol. The van der Waals surface area contributed by atoms with Crippen LogP contribution in [0.25, 0.3) is 0 Å². The molecule has 1 heterocycles. The Kier molecular flexibility index (Phi) is 8.53. The van der Waals surface area contributed by atoms with Crippen molar-refractivity contribution in [2.75, 3.05) is 13.4 Å². The van der Waals surface area contributed by atoms with Crippen LogP contribution in [-0.2, 0) is 27.5 Å². The molecule has 4 rings (SSSR count). The lowest BCUT2D eigenvalue weighted by atomic mass is 10.2. The molecule has 0 aliphatic carbocycles. The Morgan fingerprint density at radius 1 is 0.821 bits per heavy atom. The summed E-state index contributed by atoms with van der Waals surface area (Å²) in [7, 11) is -4.88. The standard InChI is InChI=1S/C30H34N2O5SSi/c1-30(2,3)39(26-12-8-6-9-13-26,27-14-10-7-11-15-27)37-22-24-20-31-29(38(5,33)34)32-28(24)36-21-23-16-18-25(35-4)19-17-23/h6-20H,21-22H2,1-5H3. The first-order valence-corrected chi connectivity index (χ1v) is 16.4. The van der Waals surface area contributed by atoms with Crippen molar-refractivity contribution >= 4 is 28.5 Å². The van der Waals surface area contributed by atoms with Crippen LogP contribution in [0.4, 0.5) is 0 Å². The minimum absolute atomic E-state index is 0.148. The molecule has 4 aromatic rings. The zero-order valence-corrected chi connectivity index (χ0v) is 24.7. The van der Waals surface area contributed by atoms with E-state index < -0.39 is 18.2 Å². The van der Waals surface area contributed by atoms with Crippen molar-refractivity contribution in [3.05, 3.63) is 102 Å². The molecule has 0 N–H and O–H groups in total. The van der Waals surface area contributed by atoms with Crippen molar-refractivity contribution < 1.29 is 22.3 Å². The Bertz CT molecular complexity index is 1450. The minimum Gasteiger partial charge on any atom is -0.497 e. The Hall–Kier alpha value is -3.53. The topological polar surface area (TPSA) is 87.6 Å². The zero-order chi connectivity index (χ0) is 28.1. The highest BCUT2D eigenvalue weighted by Gasteiger charge is 2.50. The van der Waals surface area contributed by atoms with Crippen LogP contribution < -0.4 is 19.8 Å². The molecule has 0 bridgehead atoms. The van der Waals surface area contributed by atoms with Gasteiger partial charge in [-0.25, -0.2) is 13.4 Å². The Labute approximate surface area is 231 Å². The van der Waals surface area contributed by atoms with Crippen LogP contribution >= 0.6 is 0 Å². The van der Waals surface area contributed by atoms with Gasteiger partial charge in [-0.1, -0.05) is 93.6 Å². The van der Waals surface area contributed by atoms with Crippen molar-refractivity contribution in [2.45, 2.75) is 44.2 Å². The molecule has 9 heteroatoms. The molecule has 204 valence electrons. The minimum atomic E-state index is -3.64. The maximum Gasteiger partial charge on any atom is 0.261 e. The van der Waals surface area contributed by atoms with Crippen molar-refractivity contribution in [3.8, 4) is 11.6 Å². The van der Waals surface area contributed by atoms with Gasteiger partial charge < -0.3 is 13.9 Å². The van der Waals surface area contributed by atoms with Crippen molar-refractivity contribution in [3.63, 3.8) is 0 Å². The van der Waals surface area contributed by atoms with Crippen LogP contribution in [0.2, 0.25) is 5.04 Å². The fourth-order valence-electron chi connectivity index (χ4n) is 4.60. The van der Waals surface area contributed by atoms with E-state index in [0.717, 1.165) is 27.9 Å². The largest absolute Gasteiger partial charge is 0.497 e. The summed E-state index contributed by atoms with van der Waals surface area (Å²) in [6, 6.07) is 28.1. The van der Waals surface area contributed by atoms with E-state index in [9.17, 15) is 8.42 Å². The molecule has 0 fully saturated rings. The number of ether oxygens (including phenoxy) is 2. The van der Waals surface area contributed by atoms with Crippen LogP contribution in [0.15, 0.2) is 96.3 Å². The summed E-state index contributed by atoms with van der Waals surface area (Å²) in [5.74, 6) is 0.915. The number of methoxy groups -OCH3 is 1. The number of sulfone groups is 1. The molecular weight excluding hydrogens is 528 g/mol. The summed E-state index contributed by atoms with van der Waals surface area (Å²) >= 11 is 0. The maximum absolute atomic E-state index is 12.2. The van der Waals surface area contributed by atoms with Gasteiger partial charge in [0, 0.05) is 12.5 Å². The summed E-state index contributed by atoms with van der Waals surface area (Å²) < 4.78 is 42.8. The van der Waals surface area contributed by atoms with Crippen LogP contribution in [-0.4, -0.2) is 40.1 Å². The second-order valence-corrected chi connectivity index (χ2v) is 16.6. The average Bonchev–Trinajstić information content (AvgIpc) is 2.93. The van der Waals surface area contributed by atoms with Crippen LogP contribution in [0.1, 0.15) is 31.9 Å². The van der Waals surface area contributed by atoms with Gasteiger partial charge in [-0.2, -0.15) is 4.98 Å². The highest BCUT2D eigenvalue weighted by molar-refractivity contribution is 7.90. The van der Waals surface area contributed by atoms with E-state index >= 15 is 0 Å². The molecular formula is C30H34N2O5SSi.